The summed E-state index contributed by atoms with van der Waals surface area (Å²) in [6.45, 7) is 13.0. The minimum atomic E-state index is 1.03. The second-order valence-corrected chi connectivity index (χ2v) is 8.98. The Morgan fingerprint density at radius 1 is 0.500 bits per heavy atom. The first-order chi connectivity index (χ1) is 15.3. The van der Waals surface area contributed by atoms with Gasteiger partial charge in [-0.3, -0.25) is 0 Å². The number of rotatable bonds is 0. The first-order valence-electron chi connectivity index (χ1n) is 11.2. The minimum Gasteiger partial charge on any atom is -0.355 e. The number of aryl methyl sites for hydroxylation is 4. The topological polar surface area (TPSA) is 44.5 Å². The highest BCUT2D eigenvalue weighted by Crippen LogP contribution is 2.31. The van der Waals surface area contributed by atoms with E-state index in [-0.39, 0.29) is 0 Å². The molecular weight excluding hydrogens is 390 g/mol. The largest absolute Gasteiger partial charge is 0.355 e. The Balaban J connectivity index is 1.98. The summed E-state index contributed by atoms with van der Waals surface area (Å²) in [5, 5.41) is 0. The summed E-state index contributed by atoms with van der Waals surface area (Å²) in [6.07, 6.45) is 8.51. The summed E-state index contributed by atoms with van der Waals surface area (Å²) in [5.74, 6) is 0. The van der Waals surface area contributed by atoms with Gasteiger partial charge in [0.2, 0.25) is 0 Å². The minimum absolute atomic E-state index is 1.03. The summed E-state index contributed by atoms with van der Waals surface area (Å²) in [5.41, 5.74) is 16.4. The van der Waals surface area contributed by atoms with E-state index in [1.807, 2.05) is 0 Å². The van der Waals surface area contributed by atoms with Crippen LogP contribution in [0.15, 0.2) is 42.5 Å². The molecule has 5 rings (SSSR count). The molecule has 0 unspecified atom stereocenters. The zero-order valence-corrected chi connectivity index (χ0v) is 19.6. The lowest BCUT2D eigenvalue weighted by Gasteiger charge is -1.95. The van der Waals surface area contributed by atoms with E-state index in [2.05, 4.69) is 106 Å². The Labute approximate surface area is 189 Å². The number of aromatic nitrogens is 3. The normalized spacial score (nSPS) is 13.6. The molecule has 160 valence electrons. The average Bonchev–Trinajstić information content (AvgIpc) is 3.19. The Morgan fingerprint density at radius 3 is 1.28 bits per heavy atom. The van der Waals surface area contributed by atoms with Crippen LogP contribution < -0.4 is 0 Å². The summed E-state index contributed by atoms with van der Waals surface area (Å²) < 4.78 is 0. The van der Waals surface area contributed by atoms with Crippen molar-refractivity contribution in [2.45, 2.75) is 41.5 Å². The van der Waals surface area contributed by atoms with Crippen LogP contribution in [0, 0.1) is 27.7 Å². The third-order valence-corrected chi connectivity index (χ3v) is 7.06. The monoisotopic (exact) mass is 419 g/mol. The number of aromatic amines is 2. The predicted octanol–water partition coefficient (Wildman–Crippen LogP) is 7.83. The molecule has 8 bridgehead atoms. The molecule has 1 aliphatic carbocycles. The maximum atomic E-state index is 5.01. The number of nitrogens with one attached hydrogen (secondary N) is 2. The van der Waals surface area contributed by atoms with E-state index in [0.29, 0.717) is 0 Å². The van der Waals surface area contributed by atoms with Gasteiger partial charge in [0.05, 0.1) is 11.4 Å². The highest BCUT2D eigenvalue weighted by atomic mass is 14.8. The molecule has 0 amide bonds. The van der Waals surface area contributed by atoms with Gasteiger partial charge in [0, 0.05) is 22.1 Å². The maximum Gasteiger partial charge on any atom is 0.0690 e. The van der Waals surface area contributed by atoms with Crippen LogP contribution in [0.25, 0.3) is 45.4 Å². The van der Waals surface area contributed by atoms with Crippen LogP contribution >= 0.6 is 0 Å². The molecule has 0 atom stereocenters. The molecule has 0 saturated heterocycles. The summed E-state index contributed by atoms with van der Waals surface area (Å²) in [6, 6.07) is 11.1. The number of H-pyrrole nitrogens is 2. The molecule has 4 heterocycles. The van der Waals surface area contributed by atoms with Gasteiger partial charge >= 0.3 is 0 Å². The van der Waals surface area contributed by atoms with Gasteiger partial charge in [-0.15, -0.1) is 0 Å². The van der Waals surface area contributed by atoms with Crippen LogP contribution in [0.4, 0.5) is 0 Å². The second kappa shape index (κ2) is 7.52. The Hall–Kier alpha value is -3.59. The van der Waals surface area contributed by atoms with Crippen molar-refractivity contribution in [3.63, 3.8) is 0 Å². The lowest BCUT2D eigenvalue weighted by molar-refractivity contribution is 1.29. The summed E-state index contributed by atoms with van der Waals surface area (Å²) in [4.78, 5) is 12.3. The van der Waals surface area contributed by atoms with Crippen LogP contribution in [0.5, 0.6) is 0 Å². The number of hydrogen-bond acceptors (Lipinski definition) is 1. The highest BCUT2D eigenvalue weighted by Gasteiger charge is 2.14. The lowest BCUT2D eigenvalue weighted by atomic mass is 10.1. The first-order valence-corrected chi connectivity index (χ1v) is 11.2. The van der Waals surface area contributed by atoms with E-state index in [1.165, 1.54) is 33.4 Å². The molecular formula is C29H29N3. The number of nitrogens with zero attached hydrogens (tertiary/aromatic N) is 1. The van der Waals surface area contributed by atoms with Gasteiger partial charge in [-0.1, -0.05) is 24.3 Å². The zero-order chi connectivity index (χ0) is 22.6. The molecule has 0 saturated carbocycles. The van der Waals surface area contributed by atoms with Crippen molar-refractivity contribution in [2.24, 2.45) is 0 Å². The van der Waals surface area contributed by atoms with Crippen molar-refractivity contribution in [2.75, 3.05) is 0 Å². The Bertz CT molecular complexity index is 1410. The fourth-order valence-corrected chi connectivity index (χ4v) is 4.42. The van der Waals surface area contributed by atoms with Crippen molar-refractivity contribution >= 4 is 45.4 Å². The third-order valence-electron chi connectivity index (χ3n) is 7.06. The molecule has 3 aromatic heterocycles. The van der Waals surface area contributed by atoms with Gasteiger partial charge in [-0.05, 0) is 116 Å². The quantitative estimate of drug-likeness (QED) is 0.383. The van der Waals surface area contributed by atoms with Gasteiger partial charge in [-0.25, -0.2) is 4.98 Å². The fourth-order valence-electron chi connectivity index (χ4n) is 4.42. The zero-order valence-electron chi connectivity index (χ0n) is 19.6. The molecule has 3 heteroatoms. The molecule has 0 spiro atoms. The maximum absolute atomic E-state index is 5.01. The smallest absolute Gasteiger partial charge is 0.0690 e. The van der Waals surface area contributed by atoms with Gasteiger partial charge in [-0.2, -0.15) is 0 Å². The molecule has 0 aromatic carbocycles. The van der Waals surface area contributed by atoms with Crippen molar-refractivity contribution in [1.29, 1.82) is 0 Å². The second-order valence-electron chi connectivity index (χ2n) is 8.98. The van der Waals surface area contributed by atoms with Crippen molar-refractivity contribution in [3.05, 3.63) is 87.3 Å². The van der Waals surface area contributed by atoms with Crippen molar-refractivity contribution < 1.29 is 0 Å². The fraction of sp³-hybridized carbons (Fsp3) is 0.207. The van der Waals surface area contributed by atoms with Crippen LogP contribution in [0.2, 0.25) is 0 Å². The van der Waals surface area contributed by atoms with Crippen LogP contribution in [0.1, 0.15) is 58.6 Å². The van der Waals surface area contributed by atoms with E-state index in [0.717, 1.165) is 44.6 Å². The average molecular weight is 420 g/mol. The molecule has 3 aromatic rings. The molecule has 0 fully saturated rings. The molecule has 32 heavy (non-hydrogen) atoms. The molecule has 3 nitrogen and oxygen atoms in total. The standard InChI is InChI=1S/C29H29N3/c1-16-18(3)26-14-28-20(5)21(6)29(32-28)15-27-19(4)17(2)25(31-27)13-23-10-8-7-9-22(11-23)12-24(16)30-26/h7-15,30-31H,1-6H3. The SMILES string of the molecule is CC1=C(C)c2cc3[nH]c(cc4cc(cc5[nH]c(cc1n2)c(C)c5C)C=CC=C4)c(C)c3C. The first kappa shape index (κ1) is 20.3. The molecule has 2 N–H and O–H groups in total. The van der Waals surface area contributed by atoms with Crippen molar-refractivity contribution in [3.8, 4) is 0 Å². The van der Waals surface area contributed by atoms with Crippen LogP contribution in [-0.2, 0) is 0 Å². The summed E-state index contributed by atoms with van der Waals surface area (Å²) in [7, 11) is 0. The van der Waals surface area contributed by atoms with E-state index >= 15 is 0 Å². The van der Waals surface area contributed by atoms with Gasteiger partial charge in [0.15, 0.2) is 0 Å². The molecule has 2 aliphatic rings. The third kappa shape index (κ3) is 3.34. The van der Waals surface area contributed by atoms with E-state index in [1.54, 1.807) is 0 Å². The van der Waals surface area contributed by atoms with Crippen molar-refractivity contribution in [1.82, 2.24) is 15.0 Å². The lowest BCUT2D eigenvalue weighted by Crippen LogP contribution is -1.78. The molecule has 0 radical (unpaired) electrons. The number of hydrogen-bond donors (Lipinski definition) is 2. The van der Waals surface area contributed by atoms with E-state index < -0.39 is 0 Å². The van der Waals surface area contributed by atoms with E-state index in [4.69, 9.17) is 4.98 Å². The van der Waals surface area contributed by atoms with Gasteiger partial charge in [0.25, 0.3) is 0 Å². The molecule has 1 aliphatic heterocycles. The van der Waals surface area contributed by atoms with E-state index in [9.17, 15) is 0 Å². The number of fused-ring (bicyclic) bond motifs is 8. The Morgan fingerprint density at radius 2 is 0.875 bits per heavy atom. The van der Waals surface area contributed by atoms with Gasteiger partial charge in [0.1, 0.15) is 0 Å². The highest BCUT2D eigenvalue weighted by molar-refractivity contribution is 5.92. The Kier molecular flexibility index (Phi) is 4.78. The number of allylic oxidation sites excluding steroid dienone is 4. The van der Waals surface area contributed by atoms with Crippen LogP contribution in [0.3, 0.4) is 0 Å². The van der Waals surface area contributed by atoms with Crippen LogP contribution in [-0.4, -0.2) is 15.0 Å². The predicted molar refractivity (Wildman–Crippen MR) is 138 cm³/mol. The van der Waals surface area contributed by atoms with Gasteiger partial charge < -0.3 is 9.97 Å². The summed E-state index contributed by atoms with van der Waals surface area (Å²) >= 11 is 0.